The third-order valence-electron chi connectivity index (χ3n) is 5.77. The molecule has 7 heteroatoms. The van der Waals surface area contributed by atoms with Gasteiger partial charge in [-0.3, -0.25) is 9.48 Å². The Labute approximate surface area is 193 Å². The highest BCUT2D eigenvalue weighted by Crippen LogP contribution is 2.19. The second-order valence-corrected chi connectivity index (χ2v) is 8.40. The molecule has 2 heterocycles. The molecule has 1 N–H and O–H groups in total. The minimum absolute atomic E-state index is 0.0659. The molecule has 33 heavy (non-hydrogen) atoms. The monoisotopic (exact) mass is 445 g/mol. The molecule has 2 aromatic carbocycles. The number of carbonyl (C=O) groups is 1. The molecule has 0 aliphatic heterocycles. The van der Waals surface area contributed by atoms with E-state index in [0.717, 1.165) is 45.2 Å². The van der Waals surface area contributed by atoms with Gasteiger partial charge in [0.15, 0.2) is 0 Å². The molecule has 0 radical (unpaired) electrons. The second kappa shape index (κ2) is 9.40. The number of hydrogen-bond donors (Lipinski definition) is 1. The first-order valence-corrected chi connectivity index (χ1v) is 11.0. The van der Waals surface area contributed by atoms with E-state index in [1.807, 2.05) is 44.5 Å². The van der Waals surface area contributed by atoms with Gasteiger partial charge < -0.3 is 5.32 Å². The Morgan fingerprint density at radius 3 is 2.39 bits per heavy atom. The smallest absolute Gasteiger partial charge is 0.224 e. The zero-order valence-electron chi connectivity index (χ0n) is 19.4. The Kier molecular flexibility index (Phi) is 6.40. The fourth-order valence-corrected chi connectivity index (χ4v) is 4.03. The molecule has 0 saturated carbocycles. The highest BCUT2D eigenvalue weighted by molar-refractivity contribution is 5.79. The number of aromatic nitrogens is 4. The molecule has 0 fully saturated rings. The largest absolute Gasteiger partial charge is 0.352 e. The quantitative estimate of drug-likeness (QED) is 0.460. The maximum Gasteiger partial charge on any atom is 0.224 e. The van der Waals surface area contributed by atoms with Gasteiger partial charge in [0.1, 0.15) is 5.82 Å². The summed E-state index contributed by atoms with van der Waals surface area (Å²) in [7, 11) is 0. The van der Waals surface area contributed by atoms with Crippen molar-refractivity contribution < 1.29 is 9.18 Å². The van der Waals surface area contributed by atoms with E-state index in [1.54, 1.807) is 16.8 Å². The maximum atomic E-state index is 13.3. The molecule has 4 aromatic rings. The van der Waals surface area contributed by atoms with Crippen LogP contribution < -0.4 is 5.32 Å². The van der Waals surface area contributed by atoms with E-state index >= 15 is 0 Å². The molecular weight excluding hydrogens is 417 g/mol. The van der Waals surface area contributed by atoms with Crippen molar-refractivity contribution in [3.63, 3.8) is 0 Å². The van der Waals surface area contributed by atoms with Crippen LogP contribution in [0.3, 0.4) is 0 Å². The molecule has 0 bridgehead atoms. The first kappa shape index (κ1) is 22.5. The molecule has 1 amide bonds. The molecule has 0 unspecified atom stereocenters. The summed E-state index contributed by atoms with van der Waals surface area (Å²) in [5, 5.41) is 12.1. The van der Waals surface area contributed by atoms with Crippen LogP contribution in [0.4, 0.5) is 4.39 Å². The predicted octanol–water partition coefficient (Wildman–Crippen LogP) is 4.35. The van der Waals surface area contributed by atoms with Crippen LogP contribution >= 0.6 is 0 Å². The molecule has 0 aliphatic carbocycles. The molecule has 4 rings (SSSR count). The van der Waals surface area contributed by atoms with E-state index in [9.17, 15) is 9.18 Å². The van der Waals surface area contributed by atoms with Crippen LogP contribution in [-0.2, 0) is 24.3 Å². The first-order valence-electron chi connectivity index (χ1n) is 11.0. The summed E-state index contributed by atoms with van der Waals surface area (Å²) in [6.45, 7) is 9.00. The van der Waals surface area contributed by atoms with Crippen molar-refractivity contribution in [1.29, 1.82) is 0 Å². The van der Waals surface area contributed by atoms with E-state index in [0.29, 0.717) is 13.1 Å². The summed E-state index contributed by atoms with van der Waals surface area (Å²) in [4.78, 5) is 12.7. The zero-order chi connectivity index (χ0) is 23.5. The van der Waals surface area contributed by atoms with Gasteiger partial charge in [0.2, 0.25) is 5.91 Å². The minimum Gasteiger partial charge on any atom is -0.352 e. The molecule has 0 aliphatic rings. The fourth-order valence-electron chi connectivity index (χ4n) is 4.03. The normalized spacial score (nSPS) is 11.1. The van der Waals surface area contributed by atoms with E-state index in [4.69, 9.17) is 0 Å². The average Bonchev–Trinajstić information content (AvgIpc) is 3.25. The van der Waals surface area contributed by atoms with Crippen LogP contribution in [0.15, 0.2) is 54.6 Å². The molecular formula is C26H28FN5O. The summed E-state index contributed by atoms with van der Waals surface area (Å²) in [6, 6.07) is 16.4. The molecule has 2 aromatic heterocycles. The first-order chi connectivity index (χ1) is 15.8. The van der Waals surface area contributed by atoms with Crippen molar-refractivity contribution in [2.24, 2.45) is 0 Å². The Hall–Kier alpha value is -3.74. The Morgan fingerprint density at radius 2 is 1.70 bits per heavy atom. The van der Waals surface area contributed by atoms with Gasteiger partial charge in [-0.25, -0.2) is 9.07 Å². The van der Waals surface area contributed by atoms with E-state index in [-0.39, 0.29) is 18.1 Å². The average molecular weight is 446 g/mol. The third kappa shape index (κ3) is 5.19. The van der Waals surface area contributed by atoms with Gasteiger partial charge in [-0.15, -0.1) is 0 Å². The highest BCUT2D eigenvalue weighted by atomic mass is 19.1. The van der Waals surface area contributed by atoms with Crippen molar-refractivity contribution in [2.45, 2.75) is 47.2 Å². The Balaban J connectivity index is 1.40. The van der Waals surface area contributed by atoms with Crippen LogP contribution in [0.2, 0.25) is 0 Å². The highest BCUT2D eigenvalue weighted by Gasteiger charge is 2.16. The fraction of sp³-hybridized carbons (Fsp3) is 0.269. The third-order valence-corrected chi connectivity index (χ3v) is 5.77. The van der Waals surface area contributed by atoms with Gasteiger partial charge >= 0.3 is 0 Å². The minimum atomic E-state index is -0.293. The van der Waals surface area contributed by atoms with E-state index in [2.05, 4.69) is 33.7 Å². The summed E-state index contributed by atoms with van der Waals surface area (Å²) in [5.74, 6) is -0.359. The van der Waals surface area contributed by atoms with Gasteiger partial charge in [0.25, 0.3) is 0 Å². The Morgan fingerprint density at radius 1 is 0.970 bits per heavy atom. The van der Waals surface area contributed by atoms with Crippen LogP contribution in [0.5, 0.6) is 0 Å². The standard InChI is InChI=1S/C26H28FN5O/c1-17-12-18(2)31(29-17)16-22-7-5-6-21(13-22)15-28-26(33)14-25-19(3)30-32(20(25)4)24-10-8-23(27)9-11-24/h5-13H,14-16H2,1-4H3,(H,28,33). The topological polar surface area (TPSA) is 64.7 Å². The summed E-state index contributed by atoms with van der Waals surface area (Å²) >= 11 is 0. The van der Waals surface area contributed by atoms with Crippen LogP contribution in [-0.4, -0.2) is 25.5 Å². The number of rotatable bonds is 7. The lowest BCUT2D eigenvalue weighted by Crippen LogP contribution is -2.25. The van der Waals surface area contributed by atoms with Gasteiger partial charge in [0.05, 0.1) is 30.0 Å². The molecule has 170 valence electrons. The van der Waals surface area contributed by atoms with Gasteiger partial charge in [-0.2, -0.15) is 10.2 Å². The van der Waals surface area contributed by atoms with Crippen LogP contribution in [0.1, 0.15) is 39.5 Å². The van der Waals surface area contributed by atoms with Gasteiger partial charge in [-0.05, 0) is 69.2 Å². The molecule has 0 saturated heterocycles. The van der Waals surface area contributed by atoms with E-state index in [1.165, 1.54) is 12.1 Å². The number of nitrogens with zero attached hydrogens (tertiary/aromatic N) is 4. The second-order valence-electron chi connectivity index (χ2n) is 8.40. The molecule has 6 nitrogen and oxygen atoms in total. The number of nitrogens with one attached hydrogen (secondary N) is 1. The number of amides is 1. The maximum absolute atomic E-state index is 13.3. The number of aryl methyl sites for hydroxylation is 3. The van der Waals surface area contributed by atoms with E-state index < -0.39 is 0 Å². The predicted molar refractivity (Wildman–Crippen MR) is 126 cm³/mol. The number of benzene rings is 2. The number of carbonyl (C=O) groups excluding carboxylic acids is 1. The van der Waals surface area contributed by atoms with Gasteiger partial charge in [0, 0.05) is 23.5 Å². The number of hydrogen-bond acceptors (Lipinski definition) is 3. The summed E-state index contributed by atoms with van der Waals surface area (Å²) in [5.41, 5.74) is 7.62. The van der Waals surface area contributed by atoms with Crippen molar-refractivity contribution in [3.05, 3.63) is 99.9 Å². The van der Waals surface area contributed by atoms with Crippen molar-refractivity contribution in [1.82, 2.24) is 24.9 Å². The zero-order valence-corrected chi connectivity index (χ0v) is 19.4. The summed E-state index contributed by atoms with van der Waals surface area (Å²) in [6.07, 6.45) is 0.240. The van der Waals surface area contributed by atoms with Crippen LogP contribution in [0, 0.1) is 33.5 Å². The number of halogens is 1. The van der Waals surface area contributed by atoms with Gasteiger partial charge in [-0.1, -0.05) is 24.3 Å². The van der Waals surface area contributed by atoms with Crippen molar-refractivity contribution >= 4 is 5.91 Å². The molecule has 0 spiro atoms. The van der Waals surface area contributed by atoms with Crippen molar-refractivity contribution in [3.8, 4) is 5.69 Å². The van der Waals surface area contributed by atoms with Crippen LogP contribution in [0.25, 0.3) is 5.69 Å². The molecule has 0 atom stereocenters. The van der Waals surface area contributed by atoms with Crippen molar-refractivity contribution in [2.75, 3.05) is 0 Å². The lowest BCUT2D eigenvalue weighted by atomic mass is 10.1. The lowest BCUT2D eigenvalue weighted by molar-refractivity contribution is -0.120. The summed E-state index contributed by atoms with van der Waals surface area (Å²) < 4.78 is 17.0. The lowest BCUT2D eigenvalue weighted by Gasteiger charge is -2.09. The SMILES string of the molecule is Cc1cc(C)n(Cc2cccc(CNC(=O)Cc3c(C)nn(-c4ccc(F)cc4)c3C)c2)n1. The Bertz CT molecular complexity index is 1290.